The monoisotopic (exact) mass is 257 g/mol. The van der Waals surface area contributed by atoms with E-state index in [0.29, 0.717) is 5.92 Å². The lowest BCUT2D eigenvalue weighted by Crippen LogP contribution is -2.34. The third kappa shape index (κ3) is 2.86. The van der Waals surface area contributed by atoms with Crippen LogP contribution in [0.2, 0.25) is 0 Å². The summed E-state index contributed by atoms with van der Waals surface area (Å²) in [5.41, 5.74) is 6.20. The third-order valence-corrected chi connectivity index (χ3v) is 3.81. The molecule has 0 heterocycles. The molecule has 1 aliphatic rings. The predicted octanol–water partition coefficient (Wildman–Crippen LogP) is 3.94. The molecule has 3 atom stereocenters. The predicted molar refractivity (Wildman–Crippen MR) is 65.2 cm³/mol. The van der Waals surface area contributed by atoms with Crippen molar-refractivity contribution in [2.24, 2.45) is 11.7 Å². The van der Waals surface area contributed by atoms with Gasteiger partial charge < -0.3 is 5.73 Å². The number of benzene rings is 1. The van der Waals surface area contributed by atoms with Gasteiger partial charge in [-0.15, -0.1) is 0 Å². The highest BCUT2D eigenvalue weighted by Crippen LogP contribution is 2.37. The molecule has 0 radical (unpaired) electrons. The summed E-state index contributed by atoms with van der Waals surface area (Å²) in [6.07, 6.45) is -1.44. The van der Waals surface area contributed by atoms with Gasteiger partial charge in [0.05, 0.1) is 5.56 Å². The molecule has 0 aromatic heterocycles. The zero-order valence-electron chi connectivity index (χ0n) is 10.4. The van der Waals surface area contributed by atoms with Gasteiger partial charge in [-0.2, -0.15) is 13.2 Å². The van der Waals surface area contributed by atoms with Crippen molar-refractivity contribution in [1.29, 1.82) is 0 Å². The van der Waals surface area contributed by atoms with E-state index in [1.807, 2.05) is 0 Å². The fourth-order valence-corrected chi connectivity index (χ4v) is 2.73. The Balaban J connectivity index is 2.27. The quantitative estimate of drug-likeness (QED) is 0.810. The Bertz CT molecular complexity index is 414. The summed E-state index contributed by atoms with van der Waals surface area (Å²) in [5.74, 6) is 0.584. The number of halogens is 3. The molecular weight excluding hydrogens is 239 g/mol. The van der Waals surface area contributed by atoms with E-state index in [-0.39, 0.29) is 12.0 Å². The van der Waals surface area contributed by atoms with Crippen LogP contribution < -0.4 is 5.73 Å². The highest BCUT2D eigenvalue weighted by Gasteiger charge is 2.32. The molecule has 1 saturated carbocycles. The van der Waals surface area contributed by atoms with Gasteiger partial charge in [-0.05, 0) is 42.7 Å². The average molecular weight is 257 g/mol. The van der Waals surface area contributed by atoms with Crippen molar-refractivity contribution in [2.45, 2.75) is 44.3 Å². The molecule has 1 aromatic carbocycles. The van der Waals surface area contributed by atoms with Crippen LogP contribution in [0.1, 0.15) is 43.2 Å². The van der Waals surface area contributed by atoms with Crippen molar-refractivity contribution in [3.05, 3.63) is 35.4 Å². The van der Waals surface area contributed by atoms with Crippen molar-refractivity contribution < 1.29 is 13.2 Å². The Labute approximate surface area is 105 Å². The van der Waals surface area contributed by atoms with E-state index < -0.39 is 11.7 Å². The largest absolute Gasteiger partial charge is 0.416 e. The second-order valence-electron chi connectivity index (χ2n) is 5.31. The molecule has 18 heavy (non-hydrogen) atoms. The minimum Gasteiger partial charge on any atom is -0.327 e. The van der Waals surface area contributed by atoms with Gasteiger partial charge in [0.25, 0.3) is 0 Å². The molecule has 0 spiro atoms. The molecular formula is C14H18F3N. The maximum Gasteiger partial charge on any atom is 0.416 e. The maximum absolute atomic E-state index is 12.7. The molecule has 0 bridgehead atoms. The SMILES string of the molecule is CC1CCC(N)C(c2cccc(C(F)(F)F)c2)C1. The highest BCUT2D eigenvalue weighted by molar-refractivity contribution is 5.29. The lowest BCUT2D eigenvalue weighted by atomic mass is 9.75. The zero-order valence-corrected chi connectivity index (χ0v) is 10.4. The Morgan fingerprint density at radius 2 is 1.94 bits per heavy atom. The molecule has 0 saturated heterocycles. The lowest BCUT2D eigenvalue weighted by Gasteiger charge is -2.33. The number of rotatable bonds is 1. The van der Waals surface area contributed by atoms with E-state index in [9.17, 15) is 13.2 Å². The fraction of sp³-hybridized carbons (Fsp3) is 0.571. The Morgan fingerprint density at radius 3 is 2.61 bits per heavy atom. The van der Waals surface area contributed by atoms with E-state index in [1.165, 1.54) is 12.1 Å². The standard InChI is InChI=1S/C14H18F3N/c1-9-5-6-13(18)12(7-9)10-3-2-4-11(8-10)14(15,16)17/h2-4,8-9,12-13H,5-7,18H2,1H3. The number of hydrogen-bond donors (Lipinski definition) is 1. The first-order valence-electron chi connectivity index (χ1n) is 6.30. The Hall–Kier alpha value is -1.03. The summed E-state index contributed by atoms with van der Waals surface area (Å²) in [6, 6.07) is 5.58. The topological polar surface area (TPSA) is 26.0 Å². The minimum atomic E-state index is -4.28. The van der Waals surface area contributed by atoms with Crippen LogP contribution in [0.25, 0.3) is 0 Å². The Kier molecular flexibility index (Phi) is 3.66. The van der Waals surface area contributed by atoms with Crippen LogP contribution in [0.3, 0.4) is 0 Å². The summed E-state index contributed by atoms with van der Waals surface area (Å²) in [4.78, 5) is 0. The van der Waals surface area contributed by atoms with Gasteiger partial charge >= 0.3 is 6.18 Å². The summed E-state index contributed by atoms with van der Waals surface area (Å²) in [7, 11) is 0. The van der Waals surface area contributed by atoms with E-state index in [2.05, 4.69) is 6.92 Å². The molecule has 1 nitrogen and oxygen atoms in total. The molecule has 1 fully saturated rings. The van der Waals surface area contributed by atoms with Gasteiger partial charge in [-0.25, -0.2) is 0 Å². The number of alkyl halides is 3. The van der Waals surface area contributed by atoms with Gasteiger partial charge in [0.2, 0.25) is 0 Å². The van der Waals surface area contributed by atoms with Crippen LogP contribution in [0.15, 0.2) is 24.3 Å². The van der Waals surface area contributed by atoms with Crippen molar-refractivity contribution >= 4 is 0 Å². The van der Waals surface area contributed by atoms with Crippen molar-refractivity contribution in [3.63, 3.8) is 0 Å². The summed E-state index contributed by atoms with van der Waals surface area (Å²) in [6.45, 7) is 2.13. The van der Waals surface area contributed by atoms with Crippen LogP contribution >= 0.6 is 0 Å². The van der Waals surface area contributed by atoms with Gasteiger partial charge in [0.15, 0.2) is 0 Å². The normalized spacial score (nSPS) is 29.3. The molecule has 0 aliphatic heterocycles. The zero-order chi connectivity index (χ0) is 13.3. The minimum absolute atomic E-state index is 0.0234. The van der Waals surface area contributed by atoms with Crippen LogP contribution in [-0.4, -0.2) is 6.04 Å². The first-order valence-corrected chi connectivity index (χ1v) is 6.30. The summed E-state index contributed by atoms with van der Waals surface area (Å²) < 4.78 is 38.0. The van der Waals surface area contributed by atoms with Gasteiger partial charge in [-0.1, -0.05) is 25.1 Å². The first kappa shape index (κ1) is 13.4. The van der Waals surface area contributed by atoms with E-state index >= 15 is 0 Å². The molecule has 1 aromatic rings. The van der Waals surface area contributed by atoms with E-state index in [0.717, 1.165) is 30.9 Å². The van der Waals surface area contributed by atoms with Crippen LogP contribution in [0.4, 0.5) is 13.2 Å². The number of nitrogens with two attached hydrogens (primary N) is 1. The molecule has 2 rings (SSSR count). The Morgan fingerprint density at radius 1 is 1.22 bits per heavy atom. The van der Waals surface area contributed by atoms with Crippen molar-refractivity contribution in [3.8, 4) is 0 Å². The smallest absolute Gasteiger partial charge is 0.327 e. The van der Waals surface area contributed by atoms with Gasteiger partial charge in [0.1, 0.15) is 0 Å². The van der Waals surface area contributed by atoms with Crippen LogP contribution in [-0.2, 0) is 6.18 Å². The number of hydrogen-bond acceptors (Lipinski definition) is 1. The first-order chi connectivity index (χ1) is 8.38. The second-order valence-corrected chi connectivity index (χ2v) is 5.31. The van der Waals surface area contributed by atoms with Crippen molar-refractivity contribution in [2.75, 3.05) is 0 Å². The summed E-state index contributed by atoms with van der Waals surface area (Å²) >= 11 is 0. The highest BCUT2D eigenvalue weighted by atomic mass is 19.4. The molecule has 0 amide bonds. The molecule has 1 aliphatic carbocycles. The fourth-order valence-electron chi connectivity index (χ4n) is 2.73. The molecule has 3 unspecified atom stereocenters. The summed E-state index contributed by atoms with van der Waals surface area (Å²) in [5, 5.41) is 0. The van der Waals surface area contributed by atoms with Crippen molar-refractivity contribution in [1.82, 2.24) is 0 Å². The van der Waals surface area contributed by atoms with Gasteiger partial charge in [0, 0.05) is 6.04 Å². The second kappa shape index (κ2) is 4.92. The molecule has 100 valence electrons. The molecule has 4 heteroatoms. The average Bonchev–Trinajstić information content (AvgIpc) is 2.31. The van der Waals surface area contributed by atoms with Gasteiger partial charge in [-0.3, -0.25) is 0 Å². The van der Waals surface area contributed by atoms with E-state index in [1.54, 1.807) is 6.07 Å². The van der Waals surface area contributed by atoms with E-state index in [4.69, 9.17) is 5.73 Å². The third-order valence-electron chi connectivity index (χ3n) is 3.81. The van der Waals surface area contributed by atoms with Crippen LogP contribution in [0.5, 0.6) is 0 Å². The lowest BCUT2D eigenvalue weighted by molar-refractivity contribution is -0.137. The maximum atomic E-state index is 12.7. The molecule has 2 N–H and O–H groups in total. The van der Waals surface area contributed by atoms with Crippen LogP contribution in [0, 0.1) is 5.92 Å².